The first kappa shape index (κ1) is 13.7. The lowest BCUT2D eigenvalue weighted by Crippen LogP contribution is -2.11. The third kappa shape index (κ3) is 3.17. The monoisotopic (exact) mass is 265 g/mol. The van der Waals surface area contributed by atoms with Crippen LogP contribution in [0.4, 0.5) is 8.78 Å². The van der Waals surface area contributed by atoms with Crippen molar-refractivity contribution in [3.63, 3.8) is 0 Å². The normalized spacial score (nSPS) is 10.9. The summed E-state index contributed by atoms with van der Waals surface area (Å²) in [6, 6.07) is 4.19. The number of hydrogen-bond donors (Lipinski definition) is 1. The molecule has 0 radical (unpaired) electrons. The van der Waals surface area contributed by atoms with E-state index in [9.17, 15) is 8.78 Å². The predicted molar refractivity (Wildman–Crippen MR) is 69.8 cm³/mol. The van der Waals surface area contributed by atoms with Gasteiger partial charge in [0.05, 0.1) is 12.2 Å². The van der Waals surface area contributed by atoms with Gasteiger partial charge in [-0.1, -0.05) is 19.1 Å². The summed E-state index contributed by atoms with van der Waals surface area (Å²) in [7, 11) is 0. The standard InChI is InChI=1S/C14H17F2N3/c1-3-17-7-12-9-19(18-10(12)2)8-11-5-4-6-13(15)14(11)16/h4-6,9,17H,3,7-8H2,1-2H3. The molecule has 19 heavy (non-hydrogen) atoms. The third-order valence-electron chi connectivity index (χ3n) is 2.98. The highest BCUT2D eigenvalue weighted by Crippen LogP contribution is 2.14. The number of rotatable bonds is 5. The van der Waals surface area contributed by atoms with Crippen molar-refractivity contribution in [2.75, 3.05) is 6.54 Å². The molecule has 2 rings (SSSR count). The number of hydrogen-bond acceptors (Lipinski definition) is 2. The van der Waals surface area contributed by atoms with Crippen LogP contribution >= 0.6 is 0 Å². The van der Waals surface area contributed by atoms with Crippen LogP contribution in [0.1, 0.15) is 23.7 Å². The molecular formula is C14H17F2N3. The zero-order chi connectivity index (χ0) is 13.8. The van der Waals surface area contributed by atoms with Crippen molar-refractivity contribution >= 4 is 0 Å². The average molecular weight is 265 g/mol. The summed E-state index contributed by atoms with van der Waals surface area (Å²) >= 11 is 0. The lowest BCUT2D eigenvalue weighted by atomic mass is 10.2. The van der Waals surface area contributed by atoms with E-state index in [1.54, 1.807) is 10.7 Å². The van der Waals surface area contributed by atoms with Gasteiger partial charge in [0.25, 0.3) is 0 Å². The Hall–Kier alpha value is -1.75. The molecule has 1 aromatic carbocycles. The Morgan fingerprint density at radius 1 is 1.26 bits per heavy atom. The van der Waals surface area contributed by atoms with Crippen molar-refractivity contribution in [2.45, 2.75) is 26.9 Å². The van der Waals surface area contributed by atoms with Gasteiger partial charge in [-0.25, -0.2) is 8.78 Å². The molecule has 0 aliphatic heterocycles. The molecule has 0 saturated heterocycles. The van der Waals surface area contributed by atoms with Crippen molar-refractivity contribution < 1.29 is 8.78 Å². The highest BCUT2D eigenvalue weighted by Gasteiger charge is 2.10. The van der Waals surface area contributed by atoms with E-state index >= 15 is 0 Å². The molecule has 0 fully saturated rings. The second-order valence-electron chi connectivity index (χ2n) is 4.43. The number of benzene rings is 1. The smallest absolute Gasteiger partial charge is 0.163 e. The molecule has 0 bridgehead atoms. The summed E-state index contributed by atoms with van der Waals surface area (Å²) in [6.45, 7) is 5.78. The fourth-order valence-electron chi connectivity index (χ4n) is 1.92. The minimum absolute atomic E-state index is 0.233. The van der Waals surface area contributed by atoms with Gasteiger partial charge in [-0.2, -0.15) is 5.10 Å². The molecule has 5 heteroatoms. The number of halogens is 2. The van der Waals surface area contributed by atoms with Gasteiger partial charge in [-0.3, -0.25) is 4.68 Å². The van der Waals surface area contributed by atoms with Crippen LogP contribution in [0.15, 0.2) is 24.4 Å². The van der Waals surface area contributed by atoms with Crippen molar-refractivity contribution in [3.8, 4) is 0 Å². The SMILES string of the molecule is CCNCc1cn(Cc2cccc(F)c2F)nc1C. The van der Waals surface area contributed by atoms with Gasteiger partial charge in [0.15, 0.2) is 11.6 Å². The van der Waals surface area contributed by atoms with E-state index in [1.165, 1.54) is 6.07 Å². The number of nitrogens with one attached hydrogen (secondary N) is 1. The summed E-state index contributed by atoms with van der Waals surface area (Å²) in [6.07, 6.45) is 1.86. The van der Waals surface area contributed by atoms with Crippen LogP contribution in [0.3, 0.4) is 0 Å². The molecule has 2 aromatic rings. The van der Waals surface area contributed by atoms with Crippen LogP contribution in [-0.4, -0.2) is 16.3 Å². The molecular weight excluding hydrogens is 248 g/mol. The number of aryl methyl sites for hydroxylation is 1. The lowest BCUT2D eigenvalue weighted by Gasteiger charge is -2.04. The van der Waals surface area contributed by atoms with Gasteiger partial charge in [0, 0.05) is 23.9 Å². The minimum Gasteiger partial charge on any atom is -0.313 e. The fourth-order valence-corrected chi connectivity index (χ4v) is 1.92. The highest BCUT2D eigenvalue weighted by atomic mass is 19.2. The van der Waals surface area contributed by atoms with Crippen LogP contribution in [0.5, 0.6) is 0 Å². The largest absolute Gasteiger partial charge is 0.313 e. The Kier molecular flexibility index (Phi) is 4.27. The van der Waals surface area contributed by atoms with Gasteiger partial charge in [-0.05, 0) is 19.5 Å². The molecule has 0 amide bonds. The Labute approximate surface area is 111 Å². The molecule has 0 atom stereocenters. The lowest BCUT2D eigenvalue weighted by molar-refractivity contribution is 0.491. The van der Waals surface area contributed by atoms with Crippen LogP contribution in [-0.2, 0) is 13.1 Å². The summed E-state index contributed by atoms with van der Waals surface area (Å²) in [5.74, 6) is -1.63. The van der Waals surface area contributed by atoms with E-state index in [1.807, 2.05) is 20.0 Å². The Morgan fingerprint density at radius 2 is 2.05 bits per heavy atom. The maximum absolute atomic E-state index is 13.6. The van der Waals surface area contributed by atoms with Crippen molar-refractivity contribution in [1.82, 2.24) is 15.1 Å². The van der Waals surface area contributed by atoms with Crippen LogP contribution in [0, 0.1) is 18.6 Å². The summed E-state index contributed by atoms with van der Waals surface area (Å²) in [5, 5.41) is 7.53. The molecule has 102 valence electrons. The Balaban J connectivity index is 2.17. The molecule has 0 unspecified atom stereocenters. The van der Waals surface area contributed by atoms with Gasteiger partial charge in [0.1, 0.15) is 0 Å². The van der Waals surface area contributed by atoms with Crippen molar-refractivity contribution in [1.29, 1.82) is 0 Å². The maximum Gasteiger partial charge on any atom is 0.163 e. The maximum atomic E-state index is 13.6. The summed E-state index contributed by atoms with van der Waals surface area (Å²) in [4.78, 5) is 0. The highest BCUT2D eigenvalue weighted by molar-refractivity contribution is 5.21. The topological polar surface area (TPSA) is 29.9 Å². The molecule has 0 aliphatic carbocycles. The van der Waals surface area contributed by atoms with E-state index in [2.05, 4.69) is 10.4 Å². The van der Waals surface area contributed by atoms with E-state index < -0.39 is 11.6 Å². The first-order chi connectivity index (χ1) is 9.11. The zero-order valence-electron chi connectivity index (χ0n) is 11.1. The van der Waals surface area contributed by atoms with E-state index in [0.717, 1.165) is 30.4 Å². The van der Waals surface area contributed by atoms with E-state index in [4.69, 9.17) is 0 Å². The molecule has 1 aromatic heterocycles. The first-order valence-electron chi connectivity index (χ1n) is 6.28. The Bertz CT molecular complexity index is 564. The third-order valence-corrected chi connectivity index (χ3v) is 2.98. The fraction of sp³-hybridized carbons (Fsp3) is 0.357. The van der Waals surface area contributed by atoms with Crippen LogP contribution in [0.2, 0.25) is 0 Å². The van der Waals surface area contributed by atoms with E-state index in [0.29, 0.717) is 5.56 Å². The van der Waals surface area contributed by atoms with Crippen LogP contribution < -0.4 is 5.32 Å². The first-order valence-corrected chi connectivity index (χ1v) is 6.28. The van der Waals surface area contributed by atoms with Gasteiger partial charge < -0.3 is 5.32 Å². The van der Waals surface area contributed by atoms with Gasteiger partial charge >= 0.3 is 0 Å². The zero-order valence-corrected chi connectivity index (χ0v) is 11.1. The second-order valence-corrected chi connectivity index (χ2v) is 4.43. The van der Waals surface area contributed by atoms with Gasteiger partial charge in [-0.15, -0.1) is 0 Å². The molecule has 0 aliphatic rings. The molecule has 1 N–H and O–H groups in total. The van der Waals surface area contributed by atoms with Crippen LogP contribution in [0.25, 0.3) is 0 Å². The molecule has 0 spiro atoms. The molecule has 1 heterocycles. The minimum atomic E-state index is -0.825. The quantitative estimate of drug-likeness (QED) is 0.900. The van der Waals surface area contributed by atoms with E-state index in [-0.39, 0.29) is 6.54 Å². The summed E-state index contributed by atoms with van der Waals surface area (Å²) in [5.41, 5.74) is 2.27. The summed E-state index contributed by atoms with van der Waals surface area (Å²) < 4.78 is 28.3. The Morgan fingerprint density at radius 3 is 2.79 bits per heavy atom. The molecule has 3 nitrogen and oxygen atoms in total. The average Bonchev–Trinajstić information content (AvgIpc) is 2.73. The van der Waals surface area contributed by atoms with Crippen molar-refractivity contribution in [3.05, 3.63) is 52.9 Å². The number of nitrogens with zero attached hydrogens (tertiary/aromatic N) is 2. The second kappa shape index (κ2) is 5.93. The van der Waals surface area contributed by atoms with Crippen molar-refractivity contribution in [2.24, 2.45) is 0 Å². The predicted octanol–water partition coefficient (Wildman–Crippen LogP) is 2.63. The molecule has 0 saturated carbocycles. The van der Waals surface area contributed by atoms with Gasteiger partial charge in [0.2, 0.25) is 0 Å². The number of aromatic nitrogens is 2.